The van der Waals surface area contributed by atoms with Crippen LogP contribution in [0.1, 0.15) is 5.56 Å². The van der Waals surface area contributed by atoms with Crippen molar-refractivity contribution in [3.8, 4) is 5.69 Å². The summed E-state index contributed by atoms with van der Waals surface area (Å²) in [5.41, 5.74) is 1.93. The normalized spacial score (nSPS) is 10.9. The van der Waals surface area contributed by atoms with Crippen LogP contribution in [-0.2, 0) is 11.2 Å². The molecule has 6 nitrogen and oxygen atoms in total. The van der Waals surface area contributed by atoms with Gasteiger partial charge in [0.25, 0.3) is 0 Å². The lowest BCUT2D eigenvalue weighted by atomic mass is 10.0. The molecule has 8 heteroatoms. The molecule has 1 aromatic heterocycles. The van der Waals surface area contributed by atoms with Crippen molar-refractivity contribution in [3.05, 3.63) is 46.7 Å². The maximum absolute atomic E-state index is 10.8. The summed E-state index contributed by atoms with van der Waals surface area (Å²) in [4.78, 5) is 10.8. The minimum atomic E-state index is -0.906. The van der Waals surface area contributed by atoms with E-state index in [1.807, 2.05) is 36.4 Å². The zero-order chi connectivity index (χ0) is 17.1. The molecule has 0 radical (unpaired) electrons. The lowest BCUT2D eigenvalue weighted by Crippen LogP contribution is -2.03. The molecule has 0 aliphatic carbocycles. The first-order valence-corrected chi connectivity index (χ1v) is 8.85. The van der Waals surface area contributed by atoms with Crippen molar-refractivity contribution in [3.63, 3.8) is 0 Å². The average molecular weight is 405 g/mol. The van der Waals surface area contributed by atoms with Crippen LogP contribution >= 0.6 is 27.7 Å². The number of halogens is 1. The fourth-order valence-electron chi connectivity index (χ4n) is 2.50. The molecule has 1 heterocycles. The maximum atomic E-state index is 10.8. The molecule has 0 saturated heterocycles. The van der Waals surface area contributed by atoms with Gasteiger partial charge in [-0.25, -0.2) is 0 Å². The standard InChI is InChI=1S/C16H13BrN4O2S/c17-15-19-20-16(24-9-14(22)23)21(15)13-6-5-10(7-8-18)11-3-1-2-4-12(11)13/h1-6,8,18H,7,9H2,(H,22,23). The molecular weight excluding hydrogens is 392 g/mol. The lowest BCUT2D eigenvalue weighted by molar-refractivity contribution is -0.133. The predicted molar refractivity (Wildman–Crippen MR) is 97.4 cm³/mol. The fraction of sp³-hybridized carbons (Fsp3) is 0.125. The van der Waals surface area contributed by atoms with E-state index in [0.29, 0.717) is 16.3 Å². The molecule has 0 aliphatic rings. The third-order valence-corrected chi connectivity index (χ3v) is 4.90. The van der Waals surface area contributed by atoms with E-state index in [9.17, 15) is 4.79 Å². The number of aliphatic carboxylic acids is 1. The summed E-state index contributed by atoms with van der Waals surface area (Å²) in [5, 5.41) is 26.9. The highest BCUT2D eigenvalue weighted by atomic mass is 79.9. The molecule has 0 unspecified atom stereocenters. The first-order chi connectivity index (χ1) is 11.6. The Morgan fingerprint density at radius 1 is 1.25 bits per heavy atom. The number of carboxylic acid groups (broad SMARTS) is 1. The van der Waals surface area contributed by atoms with E-state index in [0.717, 1.165) is 33.8 Å². The second kappa shape index (κ2) is 7.14. The van der Waals surface area contributed by atoms with Gasteiger partial charge in [0.2, 0.25) is 4.73 Å². The summed E-state index contributed by atoms with van der Waals surface area (Å²) in [6.45, 7) is 0. The van der Waals surface area contributed by atoms with Gasteiger partial charge in [-0.3, -0.25) is 9.36 Å². The smallest absolute Gasteiger partial charge is 0.313 e. The monoisotopic (exact) mass is 404 g/mol. The largest absolute Gasteiger partial charge is 0.481 e. The fourth-order valence-corrected chi connectivity index (χ4v) is 3.72. The highest BCUT2D eigenvalue weighted by molar-refractivity contribution is 9.10. The molecule has 2 aromatic carbocycles. The minimum Gasteiger partial charge on any atom is -0.481 e. The Morgan fingerprint density at radius 2 is 2.00 bits per heavy atom. The number of aromatic nitrogens is 3. The van der Waals surface area contributed by atoms with Crippen LogP contribution in [0.5, 0.6) is 0 Å². The topological polar surface area (TPSA) is 91.9 Å². The van der Waals surface area contributed by atoms with E-state index in [4.69, 9.17) is 10.5 Å². The van der Waals surface area contributed by atoms with Crippen LogP contribution in [0.25, 0.3) is 16.5 Å². The molecule has 122 valence electrons. The van der Waals surface area contributed by atoms with E-state index in [2.05, 4.69) is 26.1 Å². The molecule has 0 bridgehead atoms. The Morgan fingerprint density at radius 3 is 2.71 bits per heavy atom. The first kappa shape index (κ1) is 16.7. The van der Waals surface area contributed by atoms with Gasteiger partial charge >= 0.3 is 5.97 Å². The summed E-state index contributed by atoms with van der Waals surface area (Å²) in [5.74, 6) is -0.994. The van der Waals surface area contributed by atoms with Crippen molar-refractivity contribution in [1.29, 1.82) is 5.41 Å². The molecule has 0 aliphatic heterocycles. The summed E-state index contributed by atoms with van der Waals surface area (Å²) < 4.78 is 2.31. The van der Waals surface area contributed by atoms with Gasteiger partial charge in [0.15, 0.2) is 5.16 Å². The number of rotatable bonds is 6. The molecule has 24 heavy (non-hydrogen) atoms. The molecule has 0 amide bonds. The maximum Gasteiger partial charge on any atom is 0.313 e. The van der Waals surface area contributed by atoms with Crippen molar-refractivity contribution in [2.45, 2.75) is 11.6 Å². The Labute approximate surface area is 150 Å². The van der Waals surface area contributed by atoms with E-state index < -0.39 is 5.97 Å². The van der Waals surface area contributed by atoms with Gasteiger partial charge in [0.05, 0.1) is 11.4 Å². The molecule has 0 spiro atoms. The SMILES string of the molecule is N=CCc1ccc(-n2c(Br)nnc2SCC(=O)O)c2ccccc12. The van der Waals surface area contributed by atoms with E-state index in [-0.39, 0.29) is 5.75 Å². The molecule has 0 fully saturated rings. The van der Waals surface area contributed by atoms with Crippen molar-refractivity contribution >= 4 is 50.6 Å². The molecule has 0 saturated carbocycles. The average Bonchev–Trinajstić information content (AvgIpc) is 2.94. The summed E-state index contributed by atoms with van der Waals surface area (Å²) in [6.07, 6.45) is 1.94. The number of benzene rings is 2. The van der Waals surface area contributed by atoms with E-state index in [1.54, 1.807) is 4.57 Å². The molecule has 0 atom stereocenters. The Kier molecular flexibility index (Phi) is 4.96. The number of nitrogens with one attached hydrogen (secondary N) is 1. The third kappa shape index (κ3) is 3.20. The number of fused-ring (bicyclic) bond motifs is 1. The lowest BCUT2D eigenvalue weighted by Gasteiger charge is -2.13. The van der Waals surface area contributed by atoms with Gasteiger partial charge < -0.3 is 10.5 Å². The first-order valence-electron chi connectivity index (χ1n) is 7.07. The zero-order valence-electron chi connectivity index (χ0n) is 12.4. The quantitative estimate of drug-likeness (QED) is 0.484. The van der Waals surface area contributed by atoms with Crippen LogP contribution in [0.2, 0.25) is 0 Å². The van der Waals surface area contributed by atoms with Crippen molar-refractivity contribution in [1.82, 2.24) is 14.8 Å². The van der Waals surface area contributed by atoms with E-state index in [1.165, 1.54) is 6.21 Å². The zero-order valence-corrected chi connectivity index (χ0v) is 14.8. The number of hydrogen-bond acceptors (Lipinski definition) is 5. The van der Waals surface area contributed by atoms with Crippen molar-refractivity contribution in [2.24, 2.45) is 0 Å². The number of nitrogens with zero attached hydrogens (tertiary/aromatic N) is 3. The Hall–Kier alpha value is -2.19. The van der Waals surface area contributed by atoms with Crippen LogP contribution in [-0.4, -0.2) is 37.8 Å². The summed E-state index contributed by atoms with van der Waals surface area (Å²) in [7, 11) is 0. The van der Waals surface area contributed by atoms with Crippen LogP contribution in [0.4, 0.5) is 0 Å². The molecular formula is C16H13BrN4O2S. The third-order valence-electron chi connectivity index (χ3n) is 3.47. The van der Waals surface area contributed by atoms with Gasteiger partial charge in [-0.1, -0.05) is 42.1 Å². The Balaban J connectivity index is 2.17. The predicted octanol–water partition coefficient (Wildman–Crippen LogP) is 3.55. The molecule has 3 aromatic rings. The minimum absolute atomic E-state index is 0.0883. The van der Waals surface area contributed by atoms with Crippen LogP contribution < -0.4 is 0 Å². The van der Waals surface area contributed by atoms with E-state index >= 15 is 0 Å². The summed E-state index contributed by atoms with van der Waals surface area (Å²) >= 11 is 4.51. The summed E-state index contributed by atoms with van der Waals surface area (Å²) in [6, 6.07) is 11.8. The van der Waals surface area contributed by atoms with Gasteiger partial charge in [0, 0.05) is 11.8 Å². The van der Waals surface area contributed by atoms with Gasteiger partial charge in [0.1, 0.15) is 0 Å². The van der Waals surface area contributed by atoms with Crippen LogP contribution in [0.3, 0.4) is 0 Å². The van der Waals surface area contributed by atoms with Crippen LogP contribution in [0.15, 0.2) is 46.3 Å². The van der Waals surface area contributed by atoms with Gasteiger partial charge in [-0.15, -0.1) is 10.2 Å². The second-order valence-corrected chi connectivity index (χ2v) is 6.62. The highest BCUT2D eigenvalue weighted by Crippen LogP contribution is 2.31. The Bertz CT molecular complexity index is 926. The molecule has 2 N–H and O–H groups in total. The molecule has 3 rings (SSSR count). The van der Waals surface area contributed by atoms with Crippen molar-refractivity contribution < 1.29 is 9.90 Å². The van der Waals surface area contributed by atoms with Crippen LogP contribution in [0, 0.1) is 5.41 Å². The van der Waals surface area contributed by atoms with Gasteiger partial charge in [-0.05, 0) is 39.2 Å². The second-order valence-electron chi connectivity index (χ2n) is 4.97. The van der Waals surface area contributed by atoms with Crippen molar-refractivity contribution in [2.75, 3.05) is 5.75 Å². The van der Waals surface area contributed by atoms with Gasteiger partial charge in [-0.2, -0.15) is 0 Å². The number of hydrogen-bond donors (Lipinski definition) is 2. The highest BCUT2D eigenvalue weighted by Gasteiger charge is 2.16. The number of carboxylic acids is 1. The number of carbonyl (C=O) groups is 1. The number of thioether (sulfide) groups is 1.